The van der Waals surface area contributed by atoms with Gasteiger partial charge < -0.3 is 20.5 Å². The van der Waals surface area contributed by atoms with Crippen molar-refractivity contribution in [3.05, 3.63) is 18.2 Å². The summed E-state index contributed by atoms with van der Waals surface area (Å²) in [6.07, 6.45) is -1.26. The topological polar surface area (TPSA) is 90.7 Å². The molecule has 2 rings (SSSR count). The Hall–Kier alpha value is -2.24. The zero-order chi connectivity index (χ0) is 12.4. The number of ether oxygens (including phenoxy) is 2. The lowest BCUT2D eigenvalue weighted by Crippen LogP contribution is -2.43. The molecule has 90 valence electrons. The summed E-state index contributed by atoms with van der Waals surface area (Å²) in [5, 5.41) is 2.55. The quantitative estimate of drug-likeness (QED) is 0.444. The second-order valence-corrected chi connectivity index (χ2v) is 3.49. The number of hydrogen-bond acceptors (Lipinski definition) is 5. The van der Waals surface area contributed by atoms with Gasteiger partial charge in [-0.25, -0.2) is 4.79 Å². The Balaban J connectivity index is 2.24. The van der Waals surface area contributed by atoms with E-state index < -0.39 is 18.0 Å². The normalized spacial score (nSPS) is 17.7. The van der Waals surface area contributed by atoms with Crippen molar-refractivity contribution in [2.24, 2.45) is 0 Å². The summed E-state index contributed by atoms with van der Waals surface area (Å²) in [5.41, 5.74) is 6.53. The SMILES string of the molecule is CCOC(=O)C1Oc2ccc(N)cc2NC1=O. The van der Waals surface area contributed by atoms with Crippen LogP contribution >= 0.6 is 0 Å². The molecule has 1 unspecified atom stereocenters. The van der Waals surface area contributed by atoms with Gasteiger partial charge in [-0.2, -0.15) is 0 Å². The van der Waals surface area contributed by atoms with Crippen molar-refractivity contribution in [1.82, 2.24) is 0 Å². The standard InChI is InChI=1S/C11H12N2O4/c1-2-16-11(15)9-10(14)13-7-5-6(12)3-4-8(7)17-9/h3-5,9H,2,12H2,1H3,(H,13,14). The van der Waals surface area contributed by atoms with Gasteiger partial charge in [-0.15, -0.1) is 0 Å². The molecule has 1 aliphatic rings. The average Bonchev–Trinajstić information content (AvgIpc) is 2.28. The van der Waals surface area contributed by atoms with Crippen LogP contribution in [0.4, 0.5) is 11.4 Å². The molecule has 0 bridgehead atoms. The fourth-order valence-corrected chi connectivity index (χ4v) is 1.50. The highest BCUT2D eigenvalue weighted by Crippen LogP contribution is 2.31. The average molecular weight is 236 g/mol. The van der Waals surface area contributed by atoms with Gasteiger partial charge in [-0.3, -0.25) is 4.79 Å². The lowest BCUT2D eigenvalue weighted by atomic mass is 10.2. The number of amides is 1. The number of nitrogen functional groups attached to an aromatic ring is 1. The van der Waals surface area contributed by atoms with E-state index in [0.717, 1.165) is 0 Å². The van der Waals surface area contributed by atoms with E-state index in [4.69, 9.17) is 15.2 Å². The minimum atomic E-state index is -1.26. The number of esters is 1. The predicted molar refractivity (Wildman–Crippen MR) is 60.5 cm³/mol. The van der Waals surface area contributed by atoms with E-state index >= 15 is 0 Å². The number of nitrogens with one attached hydrogen (secondary N) is 1. The molecule has 1 amide bonds. The molecule has 0 saturated carbocycles. The molecule has 0 saturated heterocycles. The van der Waals surface area contributed by atoms with E-state index in [-0.39, 0.29) is 6.61 Å². The van der Waals surface area contributed by atoms with Crippen LogP contribution in [-0.2, 0) is 14.3 Å². The molecule has 6 heteroatoms. The van der Waals surface area contributed by atoms with E-state index in [0.29, 0.717) is 17.1 Å². The lowest BCUT2D eigenvalue weighted by Gasteiger charge is -2.24. The van der Waals surface area contributed by atoms with Gasteiger partial charge in [0.15, 0.2) is 0 Å². The number of fused-ring (bicyclic) bond motifs is 1. The summed E-state index contributed by atoms with van der Waals surface area (Å²) in [5.74, 6) is -0.856. The molecule has 0 spiro atoms. The first-order valence-corrected chi connectivity index (χ1v) is 5.15. The smallest absolute Gasteiger partial charge is 0.357 e. The predicted octanol–water partition coefficient (Wildman–Crippen LogP) is 0.531. The lowest BCUT2D eigenvalue weighted by molar-refractivity contribution is -0.155. The summed E-state index contributed by atoms with van der Waals surface area (Å²) in [7, 11) is 0. The molecule has 0 aliphatic carbocycles. The molecule has 0 aromatic heterocycles. The van der Waals surface area contributed by atoms with E-state index in [2.05, 4.69) is 5.32 Å². The number of benzene rings is 1. The van der Waals surface area contributed by atoms with E-state index in [9.17, 15) is 9.59 Å². The molecule has 1 aliphatic heterocycles. The van der Waals surface area contributed by atoms with Gasteiger partial charge in [-0.05, 0) is 25.1 Å². The Morgan fingerprint density at radius 2 is 2.35 bits per heavy atom. The molecule has 1 heterocycles. The molecule has 3 N–H and O–H groups in total. The summed E-state index contributed by atoms with van der Waals surface area (Å²) in [6, 6.07) is 4.78. The molecule has 0 radical (unpaired) electrons. The maximum atomic E-state index is 11.6. The third kappa shape index (κ3) is 2.15. The minimum absolute atomic E-state index is 0.195. The van der Waals surface area contributed by atoms with Crippen LogP contribution in [0.5, 0.6) is 5.75 Å². The zero-order valence-corrected chi connectivity index (χ0v) is 9.23. The fourth-order valence-electron chi connectivity index (χ4n) is 1.50. The number of nitrogens with two attached hydrogens (primary N) is 1. The zero-order valence-electron chi connectivity index (χ0n) is 9.23. The van der Waals surface area contributed by atoms with Gasteiger partial charge >= 0.3 is 5.97 Å². The molecule has 1 aromatic rings. The molecule has 0 fully saturated rings. The molecular weight excluding hydrogens is 224 g/mol. The second-order valence-electron chi connectivity index (χ2n) is 3.49. The van der Waals surface area contributed by atoms with Crippen molar-refractivity contribution in [3.8, 4) is 5.75 Å². The first-order valence-electron chi connectivity index (χ1n) is 5.15. The molecule has 6 nitrogen and oxygen atoms in total. The van der Waals surface area contributed by atoms with Gasteiger partial charge in [0, 0.05) is 5.69 Å². The van der Waals surface area contributed by atoms with Crippen LogP contribution < -0.4 is 15.8 Å². The Morgan fingerprint density at radius 3 is 3.06 bits per heavy atom. The Labute approximate surface area is 97.7 Å². The van der Waals surface area contributed by atoms with Crippen molar-refractivity contribution in [2.45, 2.75) is 13.0 Å². The van der Waals surface area contributed by atoms with Crippen LogP contribution in [-0.4, -0.2) is 24.6 Å². The third-order valence-electron chi connectivity index (χ3n) is 2.25. The van der Waals surface area contributed by atoms with Gasteiger partial charge in [0.25, 0.3) is 12.0 Å². The number of rotatable bonds is 2. The first kappa shape index (κ1) is 11.3. The first-order chi connectivity index (χ1) is 8.11. The number of anilines is 2. The molecule has 1 atom stereocenters. The Morgan fingerprint density at radius 1 is 1.59 bits per heavy atom. The summed E-state index contributed by atoms with van der Waals surface area (Å²) < 4.78 is 10.0. The van der Waals surface area contributed by atoms with Crippen LogP contribution in [0.15, 0.2) is 18.2 Å². The number of carbonyl (C=O) groups is 2. The van der Waals surface area contributed by atoms with Crippen LogP contribution in [0.2, 0.25) is 0 Å². The van der Waals surface area contributed by atoms with Crippen molar-refractivity contribution in [2.75, 3.05) is 17.7 Å². The maximum absolute atomic E-state index is 11.6. The van der Waals surface area contributed by atoms with Gasteiger partial charge in [0.05, 0.1) is 12.3 Å². The van der Waals surface area contributed by atoms with Crippen LogP contribution in [0, 0.1) is 0 Å². The maximum Gasteiger partial charge on any atom is 0.357 e. The minimum Gasteiger partial charge on any atom is -0.466 e. The molecule has 1 aromatic carbocycles. The third-order valence-corrected chi connectivity index (χ3v) is 2.25. The van der Waals surface area contributed by atoms with Crippen LogP contribution in [0.3, 0.4) is 0 Å². The van der Waals surface area contributed by atoms with Crippen molar-refractivity contribution in [3.63, 3.8) is 0 Å². The van der Waals surface area contributed by atoms with Crippen molar-refractivity contribution < 1.29 is 19.1 Å². The number of carbonyl (C=O) groups excluding carboxylic acids is 2. The van der Waals surface area contributed by atoms with Crippen molar-refractivity contribution in [1.29, 1.82) is 0 Å². The summed E-state index contributed by atoms with van der Waals surface area (Å²) >= 11 is 0. The highest BCUT2D eigenvalue weighted by molar-refractivity contribution is 6.10. The van der Waals surface area contributed by atoms with E-state index in [1.54, 1.807) is 25.1 Å². The molecule has 17 heavy (non-hydrogen) atoms. The molecular formula is C11H12N2O4. The number of hydrogen-bond donors (Lipinski definition) is 2. The van der Waals surface area contributed by atoms with Crippen LogP contribution in [0.1, 0.15) is 6.92 Å². The van der Waals surface area contributed by atoms with Gasteiger partial charge in [0.1, 0.15) is 5.75 Å². The summed E-state index contributed by atoms with van der Waals surface area (Å²) in [6.45, 7) is 1.86. The largest absolute Gasteiger partial charge is 0.466 e. The highest BCUT2D eigenvalue weighted by atomic mass is 16.6. The van der Waals surface area contributed by atoms with Gasteiger partial charge in [-0.1, -0.05) is 0 Å². The van der Waals surface area contributed by atoms with Crippen LogP contribution in [0.25, 0.3) is 0 Å². The van der Waals surface area contributed by atoms with Gasteiger partial charge in [0.2, 0.25) is 0 Å². The fraction of sp³-hybridized carbons (Fsp3) is 0.273. The second kappa shape index (κ2) is 4.32. The van der Waals surface area contributed by atoms with E-state index in [1.165, 1.54) is 0 Å². The monoisotopic (exact) mass is 236 g/mol. The summed E-state index contributed by atoms with van der Waals surface area (Å²) in [4.78, 5) is 23.1. The Bertz CT molecular complexity index is 473. The van der Waals surface area contributed by atoms with Crippen molar-refractivity contribution >= 4 is 23.3 Å². The highest BCUT2D eigenvalue weighted by Gasteiger charge is 2.35. The Kier molecular flexibility index (Phi) is 2.86. The van der Waals surface area contributed by atoms with E-state index in [1.807, 2.05) is 0 Å².